The summed E-state index contributed by atoms with van der Waals surface area (Å²) in [5.41, 5.74) is 1.01. The highest BCUT2D eigenvalue weighted by molar-refractivity contribution is 5.86. The molecule has 1 amide bonds. The van der Waals surface area contributed by atoms with E-state index < -0.39 is 0 Å². The zero-order valence-electron chi connectivity index (χ0n) is 16.0. The van der Waals surface area contributed by atoms with Crippen molar-refractivity contribution in [1.29, 1.82) is 0 Å². The number of nitrogens with one attached hydrogen (secondary N) is 2. The van der Waals surface area contributed by atoms with Crippen LogP contribution in [0.4, 0.5) is 0 Å². The van der Waals surface area contributed by atoms with E-state index in [1.807, 2.05) is 31.2 Å². The molecule has 1 unspecified atom stereocenters. The summed E-state index contributed by atoms with van der Waals surface area (Å²) < 4.78 is 11.1. The van der Waals surface area contributed by atoms with Crippen LogP contribution in [0.15, 0.2) is 29.3 Å². The minimum atomic E-state index is -0.00147. The molecule has 1 aliphatic rings. The van der Waals surface area contributed by atoms with Crippen LogP contribution in [-0.2, 0) is 16.1 Å². The van der Waals surface area contributed by atoms with E-state index in [-0.39, 0.29) is 12.5 Å². The zero-order valence-corrected chi connectivity index (χ0v) is 16.0. The Balaban J connectivity index is 2.00. The van der Waals surface area contributed by atoms with Gasteiger partial charge in [0.15, 0.2) is 5.96 Å². The lowest BCUT2D eigenvalue weighted by molar-refractivity contribution is -0.127. The number of guanidine groups is 1. The molecule has 1 heterocycles. The lowest BCUT2D eigenvalue weighted by Gasteiger charge is -2.17. The molecule has 2 N–H and O–H groups in total. The van der Waals surface area contributed by atoms with Crippen molar-refractivity contribution >= 4 is 11.9 Å². The van der Waals surface area contributed by atoms with Crippen molar-refractivity contribution in [2.45, 2.75) is 19.9 Å². The van der Waals surface area contributed by atoms with Gasteiger partial charge in [-0.1, -0.05) is 18.2 Å². The first-order valence-electron chi connectivity index (χ1n) is 9.11. The Morgan fingerprint density at radius 1 is 1.35 bits per heavy atom. The standard InChI is InChI=1S/C19H30N4O3/c1-4-26-17-8-6-5-7-16(17)12-21-19(22-13-18(24)23(2)3)20-11-15-9-10-25-14-15/h5-8,15H,4,9-14H2,1-3H3,(H2,20,21,22). The van der Waals surface area contributed by atoms with Gasteiger partial charge in [-0.25, -0.2) is 4.99 Å². The molecule has 0 spiro atoms. The molecular formula is C19H30N4O3. The summed E-state index contributed by atoms with van der Waals surface area (Å²) >= 11 is 0. The normalized spacial score (nSPS) is 17.0. The number of para-hydroxylation sites is 1. The SMILES string of the molecule is CCOc1ccccc1CN=C(NCC(=O)N(C)C)NCC1CCOC1. The van der Waals surface area contributed by atoms with Gasteiger partial charge in [-0.3, -0.25) is 4.79 Å². The molecule has 7 heteroatoms. The van der Waals surface area contributed by atoms with Crippen molar-refractivity contribution in [2.24, 2.45) is 10.9 Å². The third-order valence-corrected chi connectivity index (χ3v) is 4.17. The van der Waals surface area contributed by atoms with Gasteiger partial charge in [0.1, 0.15) is 5.75 Å². The van der Waals surface area contributed by atoms with E-state index in [1.54, 1.807) is 19.0 Å². The van der Waals surface area contributed by atoms with Gasteiger partial charge in [0.25, 0.3) is 0 Å². The van der Waals surface area contributed by atoms with Crippen molar-refractivity contribution < 1.29 is 14.3 Å². The second-order valence-electron chi connectivity index (χ2n) is 6.46. The number of carbonyl (C=O) groups excluding carboxylic acids is 1. The van der Waals surface area contributed by atoms with E-state index in [0.717, 1.165) is 37.5 Å². The van der Waals surface area contributed by atoms with E-state index in [4.69, 9.17) is 9.47 Å². The van der Waals surface area contributed by atoms with Crippen LogP contribution in [0.1, 0.15) is 18.9 Å². The maximum Gasteiger partial charge on any atom is 0.241 e. The van der Waals surface area contributed by atoms with E-state index in [0.29, 0.717) is 25.0 Å². The first-order valence-corrected chi connectivity index (χ1v) is 9.11. The molecule has 7 nitrogen and oxygen atoms in total. The molecule has 0 saturated carbocycles. The molecule has 144 valence electrons. The average molecular weight is 362 g/mol. The molecule has 0 aliphatic carbocycles. The van der Waals surface area contributed by atoms with E-state index in [9.17, 15) is 4.79 Å². The highest BCUT2D eigenvalue weighted by atomic mass is 16.5. The largest absolute Gasteiger partial charge is 0.494 e. The molecule has 26 heavy (non-hydrogen) atoms. The number of carbonyl (C=O) groups is 1. The molecule has 1 aliphatic heterocycles. The first-order chi connectivity index (χ1) is 12.6. The number of hydrogen-bond acceptors (Lipinski definition) is 4. The topological polar surface area (TPSA) is 75.2 Å². The molecule has 0 aromatic heterocycles. The minimum Gasteiger partial charge on any atom is -0.494 e. The van der Waals surface area contributed by atoms with Gasteiger partial charge in [0, 0.05) is 38.7 Å². The molecule has 2 rings (SSSR count). The Kier molecular flexibility index (Phi) is 8.21. The zero-order chi connectivity index (χ0) is 18.8. The molecule has 1 atom stereocenters. The molecule has 0 bridgehead atoms. The predicted molar refractivity (Wildman–Crippen MR) is 102 cm³/mol. The Morgan fingerprint density at radius 2 is 2.15 bits per heavy atom. The molecule has 1 aromatic carbocycles. The fourth-order valence-electron chi connectivity index (χ4n) is 2.57. The van der Waals surface area contributed by atoms with Crippen LogP contribution in [0.25, 0.3) is 0 Å². The number of benzene rings is 1. The van der Waals surface area contributed by atoms with Crippen LogP contribution in [0.5, 0.6) is 5.75 Å². The minimum absolute atomic E-state index is 0.00147. The van der Waals surface area contributed by atoms with E-state index in [1.165, 1.54) is 0 Å². The van der Waals surface area contributed by atoms with E-state index in [2.05, 4.69) is 15.6 Å². The summed E-state index contributed by atoms with van der Waals surface area (Å²) in [5.74, 6) is 1.94. The molecule has 1 aromatic rings. The lowest BCUT2D eigenvalue weighted by atomic mass is 10.1. The second kappa shape index (κ2) is 10.7. The predicted octanol–water partition coefficient (Wildman–Crippen LogP) is 1.25. The fraction of sp³-hybridized carbons (Fsp3) is 0.579. The summed E-state index contributed by atoms with van der Waals surface area (Å²) in [6, 6.07) is 7.87. The van der Waals surface area contributed by atoms with Crippen molar-refractivity contribution in [1.82, 2.24) is 15.5 Å². The van der Waals surface area contributed by atoms with Crippen LogP contribution in [0.3, 0.4) is 0 Å². The van der Waals surface area contributed by atoms with Crippen LogP contribution in [0, 0.1) is 5.92 Å². The monoisotopic (exact) mass is 362 g/mol. The van der Waals surface area contributed by atoms with Gasteiger partial charge < -0.3 is 25.0 Å². The fourth-order valence-corrected chi connectivity index (χ4v) is 2.57. The summed E-state index contributed by atoms with van der Waals surface area (Å²) in [5, 5.41) is 6.44. The van der Waals surface area contributed by atoms with Crippen molar-refractivity contribution in [3.05, 3.63) is 29.8 Å². The van der Waals surface area contributed by atoms with E-state index >= 15 is 0 Å². The molecule has 1 saturated heterocycles. The quantitative estimate of drug-likeness (QED) is 0.538. The van der Waals surface area contributed by atoms with Gasteiger partial charge in [-0.15, -0.1) is 0 Å². The van der Waals surface area contributed by atoms with Crippen molar-refractivity contribution in [3.63, 3.8) is 0 Å². The molecule has 1 fully saturated rings. The Bertz CT molecular complexity index is 598. The lowest BCUT2D eigenvalue weighted by Crippen LogP contribution is -2.44. The van der Waals surface area contributed by atoms with Gasteiger partial charge >= 0.3 is 0 Å². The number of aliphatic imine (C=N–C) groups is 1. The van der Waals surface area contributed by atoms with Crippen LogP contribution in [-0.4, -0.2) is 63.8 Å². The first kappa shape index (κ1) is 20.0. The third kappa shape index (κ3) is 6.55. The second-order valence-corrected chi connectivity index (χ2v) is 6.46. The number of hydrogen-bond donors (Lipinski definition) is 2. The summed E-state index contributed by atoms with van der Waals surface area (Å²) in [6.07, 6.45) is 1.05. The molecule has 0 radical (unpaired) electrons. The van der Waals surface area contributed by atoms with Crippen LogP contribution < -0.4 is 15.4 Å². The summed E-state index contributed by atoms with van der Waals surface area (Å²) in [6.45, 7) is 5.61. The maximum atomic E-state index is 11.9. The number of amides is 1. The number of ether oxygens (including phenoxy) is 2. The smallest absolute Gasteiger partial charge is 0.241 e. The number of likely N-dealkylation sites (N-methyl/N-ethyl adjacent to an activating group) is 1. The average Bonchev–Trinajstić information content (AvgIpc) is 3.15. The highest BCUT2D eigenvalue weighted by Crippen LogP contribution is 2.18. The van der Waals surface area contributed by atoms with Crippen molar-refractivity contribution in [3.8, 4) is 5.75 Å². The molecular weight excluding hydrogens is 332 g/mol. The number of nitrogens with zero attached hydrogens (tertiary/aromatic N) is 2. The van der Waals surface area contributed by atoms with Gasteiger partial charge in [0.2, 0.25) is 5.91 Å². The van der Waals surface area contributed by atoms with Gasteiger partial charge in [-0.2, -0.15) is 0 Å². The summed E-state index contributed by atoms with van der Waals surface area (Å²) in [4.78, 5) is 18.0. The Labute approximate surface area is 155 Å². The van der Waals surface area contributed by atoms with Crippen molar-refractivity contribution in [2.75, 3.05) is 47.0 Å². The Hall–Kier alpha value is -2.28. The number of rotatable bonds is 8. The third-order valence-electron chi connectivity index (χ3n) is 4.17. The van der Waals surface area contributed by atoms with Crippen LogP contribution >= 0.6 is 0 Å². The highest BCUT2D eigenvalue weighted by Gasteiger charge is 2.16. The van der Waals surface area contributed by atoms with Crippen LogP contribution in [0.2, 0.25) is 0 Å². The van der Waals surface area contributed by atoms with Gasteiger partial charge in [0.05, 0.1) is 26.3 Å². The summed E-state index contributed by atoms with van der Waals surface area (Å²) in [7, 11) is 3.48. The maximum absolute atomic E-state index is 11.9. The van der Waals surface area contributed by atoms with Gasteiger partial charge in [-0.05, 0) is 19.4 Å². The Morgan fingerprint density at radius 3 is 2.85 bits per heavy atom.